The summed E-state index contributed by atoms with van der Waals surface area (Å²) in [4.78, 5) is 0. The van der Waals surface area contributed by atoms with Gasteiger partial charge in [-0.1, -0.05) is 13.5 Å². The SMILES string of the molecule is C=C(N)C(C)(C)S(=O)CC. The summed E-state index contributed by atoms with van der Waals surface area (Å²) in [5.41, 5.74) is 5.95. The predicted octanol–water partition coefficient (Wildman–Crippen LogP) is 1.01. The highest BCUT2D eigenvalue weighted by Crippen LogP contribution is 2.17. The number of hydrogen-bond donors (Lipinski definition) is 1. The molecule has 0 bridgehead atoms. The van der Waals surface area contributed by atoms with Crippen molar-refractivity contribution in [2.24, 2.45) is 5.73 Å². The monoisotopic (exact) mass is 161 g/mol. The molecule has 0 aromatic heterocycles. The summed E-state index contributed by atoms with van der Waals surface area (Å²) in [7, 11) is -0.892. The van der Waals surface area contributed by atoms with Crippen LogP contribution in [-0.4, -0.2) is 14.7 Å². The minimum atomic E-state index is -0.892. The lowest BCUT2D eigenvalue weighted by Crippen LogP contribution is -2.33. The van der Waals surface area contributed by atoms with Gasteiger partial charge in [-0.15, -0.1) is 0 Å². The first-order valence-corrected chi connectivity index (χ1v) is 4.58. The molecule has 0 heterocycles. The highest BCUT2D eigenvalue weighted by Gasteiger charge is 2.25. The van der Waals surface area contributed by atoms with Crippen LogP contribution < -0.4 is 5.73 Å². The van der Waals surface area contributed by atoms with Crippen LogP contribution in [0.5, 0.6) is 0 Å². The molecule has 0 aromatic carbocycles. The van der Waals surface area contributed by atoms with Crippen molar-refractivity contribution >= 4 is 10.8 Å². The maximum Gasteiger partial charge on any atom is 0.0788 e. The Morgan fingerprint density at radius 3 is 2.20 bits per heavy atom. The van der Waals surface area contributed by atoms with Gasteiger partial charge in [0.1, 0.15) is 0 Å². The zero-order valence-corrected chi connectivity index (χ0v) is 7.62. The van der Waals surface area contributed by atoms with E-state index in [-0.39, 0.29) is 0 Å². The molecular formula is C7H15NOS. The molecule has 10 heavy (non-hydrogen) atoms. The lowest BCUT2D eigenvalue weighted by atomic mass is 10.1. The van der Waals surface area contributed by atoms with Crippen LogP contribution in [0.3, 0.4) is 0 Å². The first-order valence-electron chi connectivity index (χ1n) is 3.26. The third kappa shape index (κ3) is 1.84. The molecule has 0 radical (unpaired) electrons. The van der Waals surface area contributed by atoms with Gasteiger partial charge in [0, 0.05) is 22.2 Å². The molecular weight excluding hydrogens is 146 g/mol. The molecule has 3 heteroatoms. The van der Waals surface area contributed by atoms with Crippen LogP contribution in [0.25, 0.3) is 0 Å². The Bertz CT molecular complexity index is 163. The maximum absolute atomic E-state index is 11.2. The lowest BCUT2D eigenvalue weighted by molar-refractivity contribution is 0.656. The van der Waals surface area contributed by atoms with Crippen molar-refractivity contribution in [1.82, 2.24) is 0 Å². The quantitative estimate of drug-likeness (QED) is 0.671. The fourth-order valence-electron chi connectivity index (χ4n) is 0.507. The Morgan fingerprint density at radius 1 is 1.70 bits per heavy atom. The normalized spacial score (nSPS) is 14.7. The van der Waals surface area contributed by atoms with Crippen LogP contribution in [0.2, 0.25) is 0 Å². The van der Waals surface area contributed by atoms with Crippen LogP contribution in [0.4, 0.5) is 0 Å². The van der Waals surface area contributed by atoms with Crippen molar-refractivity contribution in [2.75, 3.05) is 5.75 Å². The molecule has 0 amide bonds. The molecule has 60 valence electrons. The van der Waals surface area contributed by atoms with Crippen molar-refractivity contribution in [1.29, 1.82) is 0 Å². The molecule has 0 spiro atoms. The summed E-state index contributed by atoms with van der Waals surface area (Å²) in [5.74, 6) is 0.628. The van der Waals surface area contributed by atoms with Crippen molar-refractivity contribution in [3.8, 4) is 0 Å². The summed E-state index contributed by atoms with van der Waals surface area (Å²) in [5, 5.41) is 0. The first kappa shape index (κ1) is 9.69. The van der Waals surface area contributed by atoms with Gasteiger partial charge in [-0.25, -0.2) is 0 Å². The number of hydrogen-bond acceptors (Lipinski definition) is 2. The number of nitrogens with two attached hydrogens (primary N) is 1. The lowest BCUT2D eigenvalue weighted by Gasteiger charge is -2.22. The van der Waals surface area contributed by atoms with E-state index in [4.69, 9.17) is 5.73 Å². The average molecular weight is 161 g/mol. The first-order chi connectivity index (χ1) is 4.42. The third-order valence-electron chi connectivity index (χ3n) is 1.60. The molecule has 0 saturated heterocycles. The Morgan fingerprint density at radius 2 is 2.10 bits per heavy atom. The Hall–Kier alpha value is -0.310. The minimum Gasteiger partial charge on any atom is -0.401 e. The average Bonchev–Trinajstić information content (AvgIpc) is 1.86. The zero-order valence-electron chi connectivity index (χ0n) is 6.81. The molecule has 0 aliphatic heterocycles. The van der Waals surface area contributed by atoms with E-state index >= 15 is 0 Å². The van der Waals surface area contributed by atoms with E-state index in [1.165, 1.54) is 0 Å². The summed E-state index contributed by atoms with van der Waals surface area (Å²) in [6, 6.07) is 0. The molecule has 2 nitrogen and oxygen atoms in total. The van der Waals surface area contributed by atoms with E-state index in [1.54, 1.807) is 0 Å². The Labute approximate surface area is 65.0 Å². The van der Waals surface area contributed by atoms with Crippen molar-refractivity contribution < 1.29 is 4.21 Å². The van der Waals surface area contributed by atoms with E-state index in [9.17, 15) is 4.21 Å². The van der Waals surface area contributed by atoms with Gasteiger partial charge in [0.2, 0.25) is 0 Å². The molecule has 1 atom stereocenters. The summed E-state index contributed by atoms with van der Waals surface area (Å²) in [6.07, 6.45) is 0. The van der Waals surface area contributed by atoms with Crippen molar-refractivity contribution in [3.63, 3.8) is 0 Å². The van der Waals surface area contributed by atoms with Gasteiger partial charge in [0.05, 0.1) is 4.75 Å². The van der Waals surface area contributed by atoms with Gasteiger partial charge in [-0.05, 0) is 13.8 Å². The molecule has 0 aliphatic carbocycles. The standard InChI is InChI=1S/C7H15NOS/c1-5-10(9)7(3,4)6(2)8/h2,5,8H2,1,3-4H3. The topological polar surface area (TPSA) is 43.1 Å². The van der Waals surface area contributed by atoms with Gasteiger partial charge < -0.3 is 5.73 Å². The second-order valence-corrected chi connectivity index (χ2v) is 4.96. The van der Waals surface area contributed by atoms with Gasteiger partial charge in [-0.2, -0.15) is 0 Å². The second kappa shape index (κ2) is 3.19. The molecule has 0 saturated carbocycles. The van der Waals surface area contributed by atoms with E-state index in [0.717, 1.165) is 0 Å². The van der Waals surface area contributed by atoms with Gasteiger partial charge >= 0.3 is 0 Å². The highest BCUT2D eigenvalue weighted by atomic mass is 32.2. The Balaban J connectivity index is 4.40. The highest BCUT2D eigenvalue weighted by molar-refractivity contribution is 7.86. The van der Waals surface area contributed by atoms with Crippen LogP contribution in [0.15, 0.2) is 12.3 Å². The van der Waals surface area contributed by atoms with Crippen molar-refractivity contribution in [3.05, 3.63) is 12.3 Å². The summed E-state index contributed by atoms with van der Waals surface area (Å²) >= 11 is 0. The molecule has 1 unspecified atom stereocenters. The van der Waals surface area contributed by atoms with E-state index in [0.29, 0.717) is 11.4 Å². The Kier molecular flexibility index (Phi) is 3.09. The number of rotatable bonds is 3. The predicted molar refractivity (Wildman–Crippen MR) is 46.1 cm³/mol. The van der Waals surface area contributed by atoms with E-state index in [2.05, 4.69) is 6.58 Å². The van der Waals surface area contributed by atoms with Crippen LogP contribution in [0.1, 0.15) is 20.8 Å². The van der Waals surface area contributed by atoms with Crippen LogP contribution in [0, 0.1) is 0 Å². The van der Waals surface area contributed by atoms with Gasteiger partial charge in [0.25, 0.3) is 0 Å². The fraction of sp³-hybridized carbons (Fsp3) is 0.714. The van der Waals surface area contributed by atoms with Gasteiger partial charge in [-0.3, -0.25) is 4.21 Å². The zero-order chi connectivity index (χ0) is 8.36. The summed E-state index contributed by atoms with van der Waals surface area (Å²) < 4.78 is 10.8. The third-order valence-corrected chi connectivity index (χ3v) is 3.53. The molecule has 2 N–H and O–H groups in total. The fourth-order valence-corrected chi connectivity index (χ4v) is 1.52. The largest absolute Gasteiger partial charge is 0.401 e. The van der Waals surface area contributed by atoms with E-state index in [1.807, 2.05) is 20.8 Å². The molecule has 0 rings (SSSR count). The second-order valence-electron chi connectivity index (χ2n) is 2.67. The van der Waals surface area contributed by atoms with Gasteiger partial charge in [0.15, 0.2) is 0 Å². The van der Waals surface area contributed by atoms with Crippen molar-refractivity contribution in [2.45, 2.75) is 25.5 Å². The van der Waals surface area contributed by atoms with Crippen LogP contribution in [-0.2, 0) is 10.8 Å². The minimum absolute atomic E-state index is 0.436. The molecule has 0 aromatic rings. The van der Waals surface area contributed by atoms with Crippen LogP contribution >= 0.6 is 0 Å². The molecule has 0 fully saturated rings. The molecule has 0 aliphatic rings. The van der Waals surface area contributed by atoms with E-state index < -0.39 is 15.5 Å². The summed E-state index contributed by atoms with van der Waals surface area (Å²) in [6.45, 7) is 9.14. The smallest absolute Gasteiger partial charge is 0.0788 e. The maximum atomic E-state index is 11.2.